The molecule has 9 heteroatoms. The SMILES string of the molecule is O=C(O)C1CCN(C(=O)CN(CCO)CC(F)(F)F)CC1. The van der Waals surface area contributed by atoms with Crippen LogP contribution in [0, 0.1) is 5.92 Å². The van der Waals surface area contributed by atoms with Gasteiger partial charge in [0.2, 0.25) is 5.91 Å². The second-order valence-electron chi connectivity index (χ2n) is 5.04. The molecule has 21 heavy (non-hydrogen) atoms. The molecule has 0 bridgehead atoms. The number of aliphatic hydroxyl groups is 1. The highest BCUT2D eigenvalue weighted by molar-refractivity contribution is 5.79. The van der Waals surface area contributed by atoms with Crippen molar-refractivity contribution in [2.24, 2.45) is 5.92 Å². The molecule has 1 rings (SSSR count). The summed E-state index contributed by atoms with van der Waals surface area (Å²) < 4.78 is 37.0. The van der Waals surface area contributed by atoms with Crippen LogP contribution in [0.4, 0.5) is 13.2 Å². The third kappa shape index (κ3) is 6.30. The van der Waals surface area contributed by atoms with Crippen LogP contribution in [0.3, 0.4) is 0 Å². The van der Waals surface area contributed by atoms with E-state index in [9.17, 15) is 22.8 Å². The van der Waals surface area contributed by atoms with Gasteiger partial charge in [-0.2, -0.15) is 13.2 Å². The largest absolute Gasteiger partial charge is 0.481 e. The molecule has 0 saturated carbocycles. The standard InChI is InChI=1S/C12H19F3N2O4/c13-12(14,15)8-16(5-6-18)7-10(19)17-3-1-9(2-4-17)11(20)21/h9,18H,1-8H2,(H,20,21). The number of rotatable bonds is 6. The first-order chi connectivity index (χ1) is 9.73. The van der Waals surface area contributed by atoms with E-state index in [1.54, 1.807) is 0 Å². The smallest absolute Gasteiger partial charge is 0.401 e. The number of halogens is 3. The van der Waals surface area contributed by atoms with Gasteiger partial charge in [0.25, 0.3) is 0 Å². The van der Waals surface area contributed by atoms with Gasteiger partial charge < -0.3 is 15.1 Å². The van der Waals surface area contributed by atoms with Crippen molar-refractivity contribution < 1.29 is 33.0 Å². The van der Waals surface area contributed by atoms with Crippen molar-refractivity contribution in [3.05, 3.63) is 0 Å². The predicted octanol–water partition coefficient (Wildman–Crippen LogP) is 0.166. The molecule has 1 amide bonds. The van der Waals surface area contributed by atoms with E-state index >= 15 is 0 Å². The molecule has 0 spiro atoms. The zero-order valence-corrected chi connectivity index (χ0v) is 11.5. The molecule has 1 aliphatic rings. The van der Waals surface area contributed by atoms with Crippen LogP contribution in [0.25, 0.3) is 0 Å². The van der Waals surface area contributed by atoms with Crippen molar-refractivity contribution in [2.45, 2.75) is 19.0 Å². The molecule has 0 aromatic heterocycles. The third-order valence-electron chi connectivity index (χ3n) is 3.37. The molecule has 0 unspecified atom stereocenters. The number of aliphatic hydroxyl groups excluding tert-OH is 1. The summed E-state index contributed by atoms with van der Waals surface area (Å²) >= 11 is 0. The topological polar surface area (TPSA) is 81.1 Å². The highest BCUT2D eigenvalue weighted by atomic mass is 19.4. The Kier molecular flexibility index (Phi) is 6.41. The average molecular weight is 312 g/mol. The van der Waals surface area contributed by atoms with Gasteiger partial charge in [-0.1, -0.05) is 0 Å². The summed E-state index contributed by atoms with van der Waals surface area (Å²) in [6, 6.07) is 0. The average Bonchev–Trinajstić information content (AvgIpc) is 2.37. The summed E-state index contributed by atoms with van der Waals surface area (Å²) in [6.45, 7) is -1.94. The van der Waals surface area contributed by atoms with Crippen molar-refractivity contribution >= 4 is 11.9 Å². The van der Waals surface area contributed by atoms with Gasteiger partial charge >= 0.3 is 12.1 Å². The quantitative estimate of drug-likeness (QED) is 0.730. The maximum Gasteiger partial charge on any atom is 0.401 e. The fraction of sp³-hybridized carbons (Fsp3) is 0.833. The van der Waals surface area contributed by atoms with Crippen LogP contribution in [0.5, 0.6) is 0 Å². The van der Waals surface area contributed by atoms with Gasteiger partial charge in [-0.05, 0) is 12.8 Å². The minimum absolute atomic E-state index is 0.231. The van der Waals surface area contributed by atoms with Crippen LogP contribution >= 0.6 is 0 Å². The van der Waals surface area contributed by atoms with Gasteiger partial charge in [0, 0.05) is 19.6 Å². The van der Waals surface area contributed by atoms with Crippen molar-refractivity contribution in [1.29, 1.82) is 0 Å². The first kappa shape index (κ1) is 17.7. The lowest BCUT2D eigenvalue weighted by atomic mass is 9.97. The van der Waals surface area contributed by atoms with Crippen LogP contribution < -0.4 is 0 Å². The Labute approximate surface area is 120 Å². The molecule has 1 fully saturated rings. The molecule has 0 aromatic carbocycles. The van der Waals surface area contributed by atoms with Gasteiger partial charge in [0.05, 0.1) is 25.6 Å². The van der Waals surface area contributed by atoms with E-state index < -0.39 is 43.7 Å². The Balaban J connectivity index is 2.49. The van der Waals surface area contributed by atoms with Gasteiger partial charge in [-0.3, -0.25) is 14.5 Å². The lowest BCUT2D eigenvalue weighted by molar-refractivity contribution is -0.154. The monoisotopic (exact) mass is 312 g/mol. The van der Waals surface area contributed by atoms with Gasteiger partial charge in [0.1, 0.15) is 0 Å². The fourth-order valence-electron chi connectivity index (χ4n) is 2.28. The first-order valence-corrected chi connectivity index (χ1v) is 6.63. The third-order valence-corrected chi connectivity index (χ3v) is 3.37. The number of likely N-dealkylation sites (tertiary alicyclic amines) is 1. The number of hydrogen-bond acceptors (Lipinski definition) is 4. The molecule has 6 nitrogen and oxygen atoms in total. The number of carboxylic acids is 1. The van der Waals surface area contributed by atoms with Crippen molar-refractivity contribution in [2.75, 3.05) is 39.3 Å². The number of alkyl halides is 3. The summed E-state index contributed by atoms with van der Waals surface area (Å²) in [5, 5.41) is 17.6. The van der Waals surface area contributed by atoms with Crippen LogP contribution in [-0.2, 0) is 9.59 Å². The maximum absolute atomic E-state index is 12.3. The van der Waals surface area contributed by atoms with Crippen LogP contribution in [-0.4, -0.2) is 77.4 Å². The van der Waals surface area contributed by atoms with E-state index in [2.05, 4.69) is 0 Å². The number of amides is 1. The highest BCUT2D eigenvalue weighted by Gasteiger charge is 2.33. The van der Waals surface area contributed by atoms with Crippen LogP contribution in [0.2, 0.25) is 0 Å². The van der Waals surface area contributed by atoms with E-state index in [0.29, 0.717) is 12.8 Å². The molecule has 0 atom stereocenters. The van der Waals surface area contributed by atoms with Crippen molar-refractivity contribution in [3.63, 3.8) is 0 Å². The molecule has 1 saturated heterocycles. The van der Waals surface area contributed by atoms with E-state index in [1.807, 2.05) is 0 Å². The molecule has 2 N–H and O–H groups in total. The van der Waals surface area contributed by atoms with E-state index in [1.165, 1.54) is 4.90 Å². The van der Waals surface area contributed by atoms with Crippen molar-refractivity contribution in [3.8, 4) is 0 Å². The fourth-order valence-corrected chi connectivity index (χ4v) is 2.28. The molecular weight excluding hydrogens is 293 g/mol. The normalized spacial score (nSPS) is 17.3. The summed E-state index contributed by atoms with van der Waals surface area (Å²) in [4.78, 5) is 24.9. The Morgan fingerprint density at radius 1 is 1.24 bits per heavy atom. The Morgan fingerprint density at radius 3 is 2.24 bits per heavy atom. The molecule has 122 valence electrons. The Bertz CT molecular complexity index is 368. The second kappa shape index (κ2) is 7.60. The summed E-state index contributed by atoms with van der Waals surface area (Å²) in [5.74, 6) is -1.89. The van der Waals surface area contributed by atoms with Crippen LogP contribution in [0.1, 0.15) is 12.8 Å². The molecular formula is C12H19F3N2O4. The molecule has 1 heterocycles. The van der Waals surface area contributed by atoms with Crippen LogP contribution in [0.15, 0.2) is 0 Å². The lowest BCUT2D eigenvalue weighted by Gasteiger charge is -2.32. The highest BCUT2D eigenvalue weighted by Crippen LogP contribution is 2.19. The van der Waals surface area contributed by atoms with E-state index in [4.69, 9.17) is 10.2 Å². The van der Waals surface area contributed by atoms with E-state index in [-0.39, 0.29) is 19.6 Å². The van der Waals surface area contributed by atoms with Gasteiger partial charge in [-0.25, -0.2) is 0 Å². The number of carboxylic acid groups (broad SMARTS) is 1. The first-order valence-electron chi connectivity index (χ1n) is 6.63. The molecule has 1 aliphatic heterocycles. The number of piperidine rings is 1. The lowest BCUT2D eigenvalue weighted by Crippen LogP contribution is -2.47. The second-order valence-corrected chi connectivity index (χ2v) is 5.04. The minimum atomic E-state index is -4.44. The number of aliphatic carboxylic acids is 1. The molecule has 0 aromatic rings. The number of nitrogens with zero attached hydrogens (tertiary/aromatic N) is 2. The molecule has 0 aliphatic carbocycles. The summed E-state index contributed by atoms with van der Waals surface area (Å²) in [6.07, 6.45) is -3.83. The Morgan fingerprint density at radius 2 is 1.81 bits per heavy atom. The Hall–Kier alpha value is -1.35. The minimum Gasteiger partial charge on any atom is -0.481 e. The zero-order valence-electron chi connectivity index (χ0n) is 11.5. The van der Waals surface area contributed by atoms with Gasteiger partial charge in [-0.15, -0.1) is 0 Å². The number of carbonyl (C=O) groups is 2. The zero-order chi connectivity index (χ0) is 16.0. The van der Waals surface area contributed by atoms with Gasteiger partial charge in [0.15, 0.2) is 0 Å². The summed E-state index contributed by atoms with van der Waals surface area (Å²) in [7, 11) is 0. The number of hydrogen-bond donors (Lipinski definition) is 2. The predicted molar refractivity (Wildman–Crippen MR) is 66.5 cm³/mol. The molecule has 0 radical (unpaired) electrons. The number of carbonyl (C=O) groups excluding carboxylic acids is 1. The van der Waals surface area contributed by atoms with Crippen molar-refractivity contribution in [1.82, 2.24) is 9.80 Å². The summed E-state index contributed by atoms with van der Waals surface area (Å²) in [5.41, 5.74) is 0. The maximum atomic E-state index is 12.3. The van der Waals surface area contributed by atoms with E-state index in [0.717, 1.165) is 4.90 Å².